The Labute approximate surface area is 66.7 Å². The zero-order chi connectivity index (χ0) is 7.40. The molecule has 0 aromatic heterocycles. The highest BCUT2D eigenvalue weighted by molar-refractivity contribution is 5.77. The molecule has 1 aliphatic heterocycles. The molecule has 0 radical (unpaired) electrons. The zero-order valence-corrected chi connectivity index (χ0v) is 6.68. The summed E-state index contributed by atoms with van der Waals surface area (Å²) in [5.41, 5.74) is 5.31. The normalized spacial score (nSPS) is 16.8. The summed E-state index contributed by atoms with van der Waals surface area (Å²) in [5.74, 6) is 0.299. The molecule has 1 rings (SSSR count). The van der Waals surface area contributed by atoms with Crippen LogP contribution in [0, 0.1) is 0 Å². The molecule has 11 heavy (non-hydrogen) atoms. The standard InChI is InChI=1S/C7H14N2O.H2O/c8-4-2-6-9-5-1-3-7(9)10;/h1-6,8H2;1H2. The Hall–Kier alpha value is -0.610. The molecule has 1 heterocycles. The second kappa shape index (κ2) is 5.09. The van der Waals surface area contributed by atoms with Crippen LogP contribution in [0.25, 0.3) is 0 Å². The van der Waals surface area contributed by atoms with Crippen molar-refractivity contribution in [2.45, 2.75) is 19.3 Å². The van der Waals surface area contributed by atoms with Gasteiger partial charge in [0.2, 0.25) is 5.91 Å². The molecule has 66 valence electrons. The summed E-state index contributed by atoms with van der Waals surface area (Å²) in [4.78, 5) is 12.9. The summed E-state index contributed by atoms with van der Waals surface area (Å²) in [7, 11) is 0. The van der Waals surface area contributed by atoms with Crippen molar-refractivity contribution in [2.75, 3.05) is 19.6 Å². The van der Waals surface area contributed by atoms with E-state index in [1.165, 1.54) is 0 Å². The van der Waals surface area contributed by atoms with E-state index in [4.69, 9.17) is 5.73 Å². The highest BCUT2D eigenvalue weighted by Gasteiger charge is 2.18. The number of carbonyl (C=O) groups is 1. The van der Waals surface area contributed by atoms with Crippen LogP contribution < -0.4 is 5.73 Å². The Kier molecular flexibility index (Phi) is 4.81. The molecule has 0 bridgehead atoms. The molecule has 4 nitrogen and oxygen atoms in total. The van der Waals surface area contributed by atoms with E-state index < -0.39 is 0 Å². The largest absolute Gasteiger partial charge is 0.412 e. The number of nitrogens with two attached hydrogens (primary N) is 1. The predicted octanol–water partition coefficient (Wildman–Crippen LogP) is -0.867. The van der Waals surface area contributed by atoms with E-state index in [-0.39, 0.29) is 5.48 Å². The molecule has 1 saturated heterocycles. The van der Waals surface area contributed by atoms with Crippen LogP contribution in [0.4, 0.5) is 0 Å². The minimum absolute atomic E-state index is 0. The maximum Gasteiger partial charge on any atom is 0.222 e. The lowest BCUT2D eigenvalue weighted by atomic mass is 10.4. The molecule has 1 aliphatic rings. The number of amides is 1. The fraction of sp³-hybridized carbons (Fsp3) is 0.857. The molecule has 0 saturated carbocycles. The van der Waals surface area contributed by atoms with Gasteiger partial charge in [0.05, 0.1) is 0 Å². The Morgan fingerprint density at radius 3 is 2.73 bits per heavy atom. The lowest BCUT2D eigenvalue weighted by Gasteiger charge is -2.13. The van der Waals surface area contributed by atoms with Gasteiger partial charge >= 0.3 is 0 Å². The summed E-state index contributed by atoms with van der Waals surface area (Å²) in [6.45, 7) is 2.48. The monoisotopic (exact) mass is 160 g/mol. The van der Waals surface area contributed by atoms with Crippen molar-refractivity contribution in [2.24, 2.45) is 5.73 Å². The predicted molar refractivity (Wildman–Crippen MR) is 43.1 cm³/mol. The molecular weight excluding hydrogens is 144 g/mol. The van der Waals surface area contributed by atoms with Gasteiger partial charge in [0.1, 0.15) is 0 Å². The van der Waals surface area contributed by atoms with E-state index in [2.05, 4.69) is 0 Å². The van der Waals surface area contributed by atoms with Crippen LogP contribution in [-0.4, -0.2) is 35.9 Å². The van der Waals surface area contributed by atoms with Crippen molar-refractivity contribution in [3.63, 3.8) is 0 Å². The average Bonchev–Trinajstić information content (AvgIpc) is 2.31. The lowest BCUT2D eigenvalue weighted by molar-refractivity contribution is -0.127. The van der Waals surface area contributed by atoms with Gasteiger partial charge in [-0.3, -0.25) is 4.79 Å². The van der Waals surface area contributed by atoms with Gasteiger partial charge in [-0.25, -0.2) is 0 Å². The summed E-state index contributed by atoms with van der Waals surface area (Å²) in [6.07, 6.45) is 2.71. The first-order valence-corrected chi connectivity index (χ1v) is 3.82. The zero-order valence-electron chi connectivity index (χ0n) is 6.68. The van der Waals surface area contributed by atoms with Crippen LogP contribution in [0.5, 0.6) is 0 Å². The first-order valence-electron chi connectivity index (χ1n) is 3.82. The third kappa shape index (κ3) is 2.86. The molecule has 1 fully saturated rings. The van der Waals surface area contributed by atoms with Crippen LogP contribution in [0.3, 0.4) is 0 Å². The molecule has 0 atom stereocenters. The van der Waals surface area contributed by atoms with Crippen LogP contribution in [0.2, 0.25) is 0 Å². The Morgan fingerprint density at radius 2 is 2.27 bits per heavy atom. The average molecular weight is 160 g/mol. The molecule has 0 aromatic rings. The van der Waals surface area contributed by atoms with Gasteiger partial charge in [-0.15, -0.1) is 0 Å². The number of rotatable bonds is 3. The molecule has 0 unspecified atom stereocenters. The Morgan fingerprint density at radius 1 is 1.55 bits per heavy atom. The molecule has 1 amide bonds. The first kappa shape index (κ1) is 10.4. The fourth-order valence-electron chi connectivity index (χ4n) is 1.22. The summed E-state index contributed by atoms with van der Waals surface area (Å²) in [5, 5.41) is 0. The van der Waals surface area contributed by atoms with Crippen LogP contribution >= 0.6 is 0 Å². The summed E-state index contributed by atoms with van der Waals surface area (Å²) >= 11 is 0. The minimum Gasteiger partial charge on any atom is -0.412 e. The minimum atomic E-state index is 0. The molecule has 4 heteroatoms. The maximum absolute atomic E-state index is 11.0. The van der Waals surface area contributed by atoms with Gasteiger partial charge in [-0.1, -0.05) is 0 Å². The lowest BCUT2D eigenvalue weighted by Crippen LogP contribution is -2.27. The molecule has 4 N–H and O–H groups in total. The second-order valence-electron chi connectivity index (χ2n) is 2.63. The van der Waals surface area contributed by atoms with Gasteiger partial charge in [-0.2, -0.15) is 0 Å². The first-order chi connectivity index (χ1) is 4.84. The maximum atomic E-state index is 11.0. The highest BCUT2D eigenvalue weighted by Crippen LogP contribution is 2.08. The third-order valence-corrected chi connectivity index (χ3v) is 1.80. The number of likely N-dealkylation sites (tertiary alicyclic amines) is 1. The second-order valence-corrected chi connectivity index (χ2v) is 2.63. The van der Waals surface area contributed by atoms with E-state index in [9.17, 15) is 4.79 Å². The van der Waals surface area contributed by atoms with Gasteiger partial charge in [-0.05, 0) is 19.4 Å². The van der Waals surface area contributed by atoms with Gasteiger partial charge in [0, 0.05) is 19.5 Å². The molecule has 0 aromatic carbocycles. The van der Waals surface area contributed by atoms with Crippen LogP contribution in [0.1, 0.15) is 19.3 Å². The van der Waals surface area contributed by atoms with E-state index >= 15 is 0 Å². The highest BCUT2D eigenvalue weighted by atomic mass is 16.2. The number of hydrogen-bond acceptors (Lipinski definition) is 2. The molecular formula is C7H16N2O2. The van der Waals surface area contributed by atoms with E-state index in [0.29, 0.717) is 12.5 Å². The van der Waals surface area contributed by atoms with Crippen molar-refractivity contribution in [1.29, 1.82) is 0 Å². The molecule has 0 aliphatic carbocycles. The topological polar surface area (TPSA) is 77.8 Å². The van der Waals surface area contributed by atoms with E-state index in [0.717, 1.165) is 32.4 Å². The Balaban J connectivity index is 0.000001000. The third-order valence-electron chi connectivity index (χ3n) is 1.80. The van der Waals surface area contributed by atoms with Crippen molar-refractivity contribution >= 4 is 5.91 Å². The quantitative estimate of drug-likeness (QED) is 0.582. The number of carbonyl (C=O) groups excluding carboxylic acids is 1. The van der Waals surface area contributed by atoms with Crippen molar-refractivity contribution in [3.05, 3.63) is 0 Å². The number of nitrogens with zero attached hydrogens (tertiary/aromatic N) is 1. The van der Waals surface area contributed by atoms with E-state index in [1.54, 1.807) is 0 Å². The summed E-state index contributed by atoms with van der Waals surface area (Å²) in [6, 6.07) is 0. The SMILES string of the molecule is NCCCN1CCCC1=O.O. The van der Waals surface area contributed by atoms with Gasteiger partial charge in [0.15, 0.2) is 0 Å². The smallest absolute Gasteiger partial charge is 0.222 e. The number of hydrogen-bond donors (Lipinski definition) is 1. The summed E-state index contributed by atoms with van der Waals surface area (Å²) < 4.78 is 0. The van der Waals surface area contributed by atoms with Crippen LogP contribution in [0.15, 0.2) is 0 Å². The fourth-order valence-corrected chi connectivity index (χ4v) is 1.22. The Bertz CT molecular complexity index is 128. The van der Waals surface area contributed by atoms with Crippen molar-refractivity contribution in [1.82, 2.24) is 4.90 Å². The van der Waals surface area contributed by atoms with Gasteiger partial charge in [0.25, 0.3) is 0 Å². The van der Waals surface area contributed by atoms with Crippen molar-refractivity contribution < 1.29 is 10.3 Å². The van der Waals surface area contributed by atoms with E-state index in [1.807, 2.05) is 4.90 Å². The van der Waals surface area contributed by atoms with Crippen molar-refractivity contribution in [3.8, 4) is 0 Å². The van der Waals surface area contributed by atoms with Gasteiger partial charge < -0.3 is 16.1 Å². The van der Waals surface area contributed by atoms with Crippen LogP contribution in [-0.2, 0) is 4.79 Å². The molecule has 0 spiro atoms.